The zero-order valence-corrected chi connectivity index (χ0v) is 12.6. The molecule has 4 nitrogen and oxygen atoms in total. The van der Waals surface area contributed by atoms with Crippen LogP contribution in [0, 0.1) is 11.8 Å². The molecule has 1 N–H and O–H groups in total. The Balaban J connectivity index is 2.23. The Morgan fingerprint density at radius 1 is 1.65 bits per heavy atom. The Labute approximate surface area is 123 Å². The predicted molar refractivity (Wildman–Crippen MR) is 78.8 cm³/mol. The molecule has 1 aliphatic rings. The number of rotatable bonds is 2. The van der Waals surface area contributed by atoms with Crippen molar-refractivity contribution in [2.24, 2.45) is 0 Å². The van der Waals surface area contributed by atoms with Crippen molar-refractivity contribution in [3.63, 3.8) is 0 Å². The lowest BCUT2D eigenvalue weighted by atomic mass is 10.1. The molecule has 1 aromatic heterocycles. The number of thiophene rings is 1. The molecule has 0 bridgehead atoms. The highest BCUT2D eigenvalue weighted by molar-refractivity contribution is 7.12. The molecule has 20 heavy (non-hydrogen) atoms. The number of hydrogen-bond donors (Lipinski definition) is 1. The molecule has 1 aliphatic heterocycles. The number of hydrogen-bond acceptors (Lipinski definition) is 4. The Morgan fingerprint density at radius 3 is 3.15 bits per heavy atom. The first-order valence-corrected chi connectivity index (χ1v) is 7.65. The number of aliphatic hydroxyl groups is 1. The van der Waals surface area contributed by atoms with Crippen LogP contribution in [0.5, 0.6) is 0 Å². The molecular formula is C15H19NO3S. The molecule has 0 saturated carbocycles. The summed E-state index contributed by atoms with van der Waals surface area (Å²) in [5.74, 6) is 5.46. The fourth-order valence-corrected chi connectivity index (χ4v) is 3.07. The van der Waals surface area contributed by atoms with Crippen molar-refractivity contribution in [1.29, 1.82) is 0 Å². The van der Waals surface area contributed by atoms with Crippen molar-refractivity contribution < 1.29 is 14.6 Å². The monoisotopic (exact) mass is 293 g/mol. The summed E-state index contributed by atoms with van der Waals surface area (Å²) in [7, 11) is 0. The topological polar surface area (TPSA) is 49.8 Å². The zero-order chi connectivity index (χ0) is 14.5. The summed E-state index contributed by atoms with van der Waals surface area (Å²) in [5.41, 5.74) is 0.697. The van der Waals surface area contributed by atoms with Crippen molar-refractivity contribution in [1.82, 2.24) is 4.90 Å². The van der Waals surface area contributed by atoms with Crippen LogP contribution in [-0.2, 0) is 4.74 Å². The maximum Gasteiger partial charge on any atom is 0.265 e. The highest BCUT2D eigenvalue weighted by Crippen LogP contribution is 2.23. The van der Waals surface area contributed by atoms with Gasteiger partial charge in [-0.1, -0.05) is 18.8 Å². The van der Waals surface area contributed by atoms with Gasteiger partial charge in [0.2, 0.25) is 0 Å². The van der Waals surface area contributed by atoms with Crippen LogP contribution in [0.1, 0.15) is 35.5 Å². The summed E-state index contributed by atoms with van der Waals surface area (Å²) >= 11 is 1.40. The van der Waals surface area contributed by atoms with Gasteiger partial charge in [-0.15, -0.1) is 11.3 Å². The maximum absolute atomic E-state index is 12.7. The third-order valence-electron chi connectivity index (χ3n) is 3.36. The molecule has 0 spiro atoms. The first-order chi connectivity index (χ1) is 9.67. The van der Waals surface area contributed by atoms with Gasteiger partial charge in [0.1, 0.15) is 11.5 Å². The minimum absolute atomic E-state index is 0.0178. The largest absolute Gasteiger partial charge is 0.384 e. The third-order valence-corrected chi connectivity index (χ3v) is 4.26. The van der Waals surface area contributed by atoms with E-state index in [4.69, 9.17) is 9.84 Å². The molecule has 108 valence electrons. The Kier molecular flexibility index (Phi) is 5.18. The van der Waals surface area contributed by atoms with Crippen molar-refractivity contribution in [2.75, 3.05) is 19.8 Å². The van der Waals surface area contributed by atoms with E-state index in [1.54, 1.807) is 0 Å². The number of nitrogens with zero attached hydrogens (tertiary/aromatic N) is 1. The van der Waals surface area contributed by atoms with Crippen LogP contribution in [0.4, 0.5) is 0 Å². The van der Waals surface area contributed by atoms with Gasteiger partial charge in [-0.2, -0.15) is 0 Å². The van der Waals surface area contributed by atoms with Crippen LogP contribution in [0.2, 0.25) is 0 Å². The molecular weight excluding hydrogens is 274 g/mol. The quantitative estimate of drug-likeness (QED) is 0.845. The number of amides is 1. The van der Waals surface area contributed by atoms with Gasteiger partial charge >= 0.3 is 0 Å². The summed E-state index contributed by atoms with van der Waals surface area (Å²) in [5, 5.41) is 10.6. The van der Waals surface area contributed by atoms with Crippen molar-refractivity contribution in [3.8, 4) is 11.8 Å². The minimum Gasteiger partial charge on any atom is -0.384 e. The number of morpholine rings is 1. The molecule has 2 rings (SSSR count). The standard InChI is InChI=1S/C15H19NO3S/c1-3-13-10-19-11(2)9-16(13)15(18)14-12(5-4-7-17)6-8-20-14/h6,8,11,13,17H,3,7,9-10H2,1-2H3. The molecule has 0 aliphatic carbocycles. The van der Waals surface area contributed by atoms with Gasteiger partial charge in [-0.3, -0.25) is 4.79 Å². The fourth-order valence-electron chi connectivity index (χ4n) is 2.27. The van der Waals surface area contributed by atoms with E-state index in [0.29, 0.717) is 23.6 Å². The normalized spacial score (nSPS) is 22.2. The van der Waals surface area contributed by atoms with Crippen LogP contribution < -0.4 is 0 Å². The van der Waals surface area contributed by atoms with E-state index < -0.39 is 0 Å². The van der Waals surface area contributed by atoms with E-state index in [1.807, 2.05) is 23.3 Å². The Hall–Kier alpha value is -1.35. The van der Waals surface area contributed by atoms with Gasteiger partial charge < -0.3 is 14.7 Å². The van der Waals surface area contributed by atoms with Crippen LogP contribution >= 0.6 is 11.3 Å². The minimum atomic E-state index is -0.199. The SMILES string of the molecule is CCC1COC(C)CN1C(=O)c1sccc1C#CCO. The lowest BCUT2D eigenvalue weighted by molar-refractivity contribution is -0.0442. The maximum atomic E-state index is 12.7. The lowest BCUT2D eigenvalue weighted by Gasteiger charge is -2.38. The highest BCUT2D eigenvalue weighted by atomic mass is 32.1. The Morgan fingerprint density at radius 2 is 2.45 bits per heavy atom. The van der Waals surface area contributed by atoms with Crippen molar-refractivity contribution >= 4 is 17.2 Å². The second kappa shape index (κ2) is 6.89. The van der Waals surface area contributed by atoms with Gasteiger partial charge in [-0.25, -0.2) is 0 Å². The Bertz CT molecular complexity index is 529. The molecule has 1 aromatic rings. The molecule has 1 saturated heterocycles. The highest BCUT2D eigenvalue weighted by Gasteiger charge is 2.31. The van der Waals surface area contributed by atoms with E-state index in [-0.39, 0.29) is 24.7 Å². The van der Waals surface area contributed by atoms with Gasteiger partial charge in [-0.05, 0) is 24.8 Å². The average Bonchev–Trinajstić information content (AvgIpc) is 2.92. The third kappa shape index (κ3) is 3.21. The number of ether oxygens (including phenoxy) is 1. The van der Waals surface area contributed by atoms with Gasteiger partial charge in [0.15, 0.2) is 0 Å². The number of carbonyl (C=O) groups excluding carboxylic acids is 1. The molecule has 2 unspecified atom stereocenters. The van der Waals surface area contributed by atoms with Crippen LogP contribution in [0.15, 0.2) is 11.4 Å². The molecule has 0 radical (unpaired) electrons. The molecule has 1 fully saturated rings. The van der Waals surface area contributed by atoms with Crippen LogP contribution in [-0.4, -0.2) is 47.8 Å². The van der Waals surface area contributed by atoms with E-state index >= 15 is 0 Å². The van der Waals surface area contributed by atoms with E-state index in [9.17, 15) is 4.79 Å². The smallest absolute Gasteiger partial charge is 0.265 e. The fraction of sp³-hybridized carbons (Fsp3) is 0.533. The summed E-state index contributed by atoms with van der Waals surface area (Å²) < 4.78 is 5.62. The van der Waals surface area contributed by atoms with E-state index in [2.05, 4.69) is 18.8 Å². The summed E-state index contributed by atoms with van der Waals surface area (Å²) in [6.45, 7) is 5.04. The zero-order valence-electron chi connectivity index (χ0n) is 11.8. The first kappa shape index (κ1) is 15.0. The van der Waals surface area contributed by atoms with Crippen LogP contribution in [0.25, 0.3) is 0 Å². The molecule has 5 heteroatoms. The molecule has 2 atom stereocenters. The molecule has 2 heterocycles. The summed E-state index contributed by atoms with van der Waals surface area (Å²) in [6.07, 6.45) is 0.940. The molecule has 1 amide bonds. The average molecular weight is 293 g/mol. The second-order valence-electron chi connectivity index (χ2n) is 4.79. The second-order valence-corrected chi connectivity index (χ2v) is 5.70. The van der Waals surface area contributed by atoms with Gasteiger partial charge in [0.05, 0.1) is 18.8 Å². The lowest BCUT2D eigenvalue weighted by Crippen LogP contribution is -2.51. The van der Waals surface area contributed by atoms with Crippen LogP contribution in [0.3, 0.4) is 0 Å². The summed E-state index contributed by atoms with van der Waals surface area (Å²) in [6, 6.07) is 1.95. The van der Waals surface area contributed by atoms with Gasteiger partial charge in [0.25, 0.3) is 5.91 Å². The predicted octanol–water partition coefficient (Wildman–Crippen LogP) is 1.73. The first-order valence-electron chi connectivity index (χ1n) is 6.77. The van der Waals surface area contributed by atoms with Crippen molar-refractivity contribution in [3.05, 3.63) is 21.9 Å². The van der Waals surface area contributed by atoms with Gasteiger partial charge in [0, 0.05) is 12.1 Å². The summed E-state index contributed by atoms with van der Waals surface area (Å²) in [4.78, 5) is 15.3. The van der Waals surface area contributed by atoms with Crippen molar-refractivity contribution in [2.45, 2.75) is 32.4 Å². The van der Waals surface area contributed by atoms with E-state index in [1.165, 1.54) is 11.3 Å². The molecule has 0 aromatic carbocycles. The number of aliphatic hydroxyl groups excluding tert-OH is 1. The van der Waals surface area contributed by atoms with E-state index in [0.717, 1.165) is 6.42 Å². The number of carbonyl (C=O) groups is 1.